The minimum Gasteiger partial charge on any atom is -0.484 e. The van der Waals surface area contributed by atoms with Gasteiger partial charge in [-0.3, -0.25) is 4.79 Å². The molecule has 3 rings (SSSR count). The van der Waals surface area contributed by atoms with Crippen molar-refractivity contribution >= 4 is 22.6 Å². The summed E-state index contributed by atoms with van der Waals surface area (Å²) in [6, 6.07) is 14.6. The molecule has 0 aliphatic rings. The molecule has 0 atom stereocenters. The second-order valence-corrected chi connectivity index (χ2v) is 6.74. The first-order valence-corrected chi connectivity index (χ1v) is 9.67. The van der Waals surface area contributed by atoms with Crippen LogP contribution < -0.4 is 15.7 Å². The van der Waals surface area contributed by atoms with E-state index < -0.39 is 0 Å². The Morgan fingerprint density at radius 2 is 1.86 bits per heavy atom. The van der Waals surface area contributed by atoms with Gasteiger partial charge in [0.1, 0.15) is 11.3 Å². The maximum Gasteiger partial charge on any atom is 0.336 e. The second kappa shape index (κ2) is 9.22. The van der Waals surface area contributed by atoms with Crippen LogP contribution in [-0.2, 0) is 17.6 Å². The van der Waals surface area contributed by atoms with E-state index in [9.17, 15) is 9.59 Å². The van der Waals surface area contributed by atoms with Gasteiger partial charge < -0.3 is 14.5 Å². The molecule has 0 radical (unpaired) electrons. The molecule has 5 heteroatoms. The molecule has 0 aliphatic heterocycles. The van der Waals surface area contributed by atoms with Gasteiger partial charge in [0.15, 0.2) is 6.61 Å². The third-order valence-electron chi connectivity index (χ3n) is 4.62. The van der Waals surface area contributed by atoms with E-state index in [1.54, 1.807) is 18.2 Å². The highest BCUT2D eigenvalue weighted by Crippen LogP contribution is 2.24. The monoisotopic (exact) mass is 379 g/mol. The number of aryl methyl sites for hydroxylation is 2. The Bertz CT molecular complexity index is 1010. The molecule has 0 unspecified atom stereocenters. The summed E-state index contributed by atoms with van der Waals surface area (Å²) in [6.45, 7) is 4.07. The molecular weight excluding hydrogens is 354 g/mol. The number of rotatable bonds is 8. The Morgan fingerprint density at radius 3 is 2.57 bits per heavy atom. The van der Waals surface area contributed by atoms with E-state index in [1.165, 1.54) is 5.56 Å². The molecule has 2 aromatic carbocycles. The lowest BCUT2D eigenvalue weighted by molar-refractivity contribution is -0.118. The second-order valence-electron chi connectivity index (χ2n) is 6.74. The van der Waals surface area contributed by atoms with Crippen LogP contribution in [0.3, 0.4) is 0 Å². The average molecular weight is 379 g/mol. The third kappa shape index (κ3) is 5.00. The molecule has 28 heavy (non-hydrogen) atoms. The predicted octanol–water partition coefficient (Wildman–Crippen LogP) is 4.72. The molecule has 1 heterocycles. The number of benzene rings is 2. The molecule has 0 saturated heterocycles. The van der Waals surface area contributed by atoms with Gasteiger partial charge in [-0.2, -0.15) is 0 Å². The Kier molecular flexibility index (Phi) is 6.48. The Hall–Kier alpha value is -3.08. The number of hydrogen-bond acceptors (Lipinski definition) is 4. The summed E-state index contributed by atoms with van der Waals surface area (Å²) in [6.07, 6.45) is 3.85. The van der Waals surface area contributed by atoms with Crippen LogP contribution in [0.25, 0.3) is 11.0 Å². The van der Waals surface area contributed by atoms with Gasteiger partial charge in [-0.25, -0.2) is 4.79 Å². The van der Waals surface area contributed by atoms with Gasteiger partial charge in [-0.1, -0.05) is 32.4 Å². The molecule has 1 amide bonds. The third-order valence-corrected chi connectivity index (χ3v) is 4.62. The van der Waals surface area contributed by atoms with Crippen LogP contribution in [0, 0.1) is 0 Å². The number of ether oxygens (including phenoxy) is 1. The number of unbranched alkanes of at least 4 members (excludes halogenated alkanes) is 1. The molecule has 1 N–H and O–H groups in total. The zero-order valence-corrected chi connectivity index (χ0v) is 16.3. The van der Waals surface area contributed by atoms with E-state index in [0.717, 1.165) is 42.3 Å². The molecule has 0 fully saturated rings. The first-order chi connectivity index (χ1) is 13.6. The van der Waals surface area contributed by atoms with Gasteiger partial charge in [0.2, 0.25) is 0 Å². The Balaban J connectivity index is 1.66. The number of fused-ring (bicyclic) bond motifs is 1. The summed E-state index contributed by atoms with van der Waals surface area (Å²) < 4.78 is 10.9. The normalized spacial score (nSPS) is 10.8. The molecule has 5 nitrogen and oxygen atoms in total. The van der Waals surface area contributed by atoms with Crippen molar-refractivity contribution in [3.05, 3.63) is 70.1 Å². The van der Waals surface area contributed by atoms with Crippen LogP contribution in [0.15, 0.2) is 57.7 Å². The fraction of sp³-hybridized carbons (Fsp3) is 0.304. The SMILES string of the molecule is CCCCc1cc(=O)oc2cc(OCC(=O)Nc3ccc(CC)cc3)ccc12. The summed E-state index contributed by atoms with van der Waals surface area (Å²) >= 11 is 0. The number of nitrogens with one attached hydrogen (secondary N) is 1. The lowest BCUT2D eigenvalue weighted by atomic mass is 10.0. The lowest BCUT2D eigenvalue weighted by Gasteiger charge is -2.10. The van der Waals surface area contributed by atoms with Crippen molar-refractivity contribution in [3.8, 4) is 5.75 Å². The van der Waals surface area contributed by atoms with E-state index in [4.69, 9.17) is 9.15 Å². The fourth-order valence-corrected chi connectivity index (χ4v) is 3.04. The molecule has 1 aromatic heterocycles. The number of amides is 1. The summed E-state index contributed by atoms with van der Waals surface area (Å²) in [5, 5.41) is 3.71. The van der Waals surface area contributed by atoms with Crippen LogP contribution >= 0.6 is 0 Å². The van der Waals surface area contributed by atoms with E-state index >= 15 is 0 Å². The standard InChI is InChI=1S/C23H25NO4/c1-3-5-6-17-13-23(26)28-21-14-19(11-12-20(17)21)27-15-22(25)24-18-9-7-16(4-2)8-10-18/h7-14H,3-6,15H2,1-2H3,(H,24,25). The zero-order chi connectivity index (χ0) is 19.9. The van der Waals surface area contributed by atoms with Gasteiger partial charge in [0, 0.05) is 23.2 Å². The largest absolute Gasteiger partial charge is 0.484 e. The Labute approximate surface area is 164 Å². The minimum absolute atomic E-state index is 0.124. The van der Waals surface area contributed by atoms with E-state index in [-0.39, 0.29) is 18.1 Å². The van der Waals surface area contributed by atoms with Gasteiger partial charge >= 0.3 is 5.63 Å². The van der Waals surface area contributed by atoms with Gasteiger partial charge in [-0.15, -0.1) is 0 Å². The van der Waals surface area contributed by atoms with Crippen molar-refractivity contribution in [1.29, 1.82) is 0 Å². The fourth-order valence-electron chi connectivity index (χ4n) is 3.04. The molecule has 146 valence electrons. The Morgan fingerprint density at radius 1 is 1.07 bits per heavy atom. The molecule has 3 aromatic rings. The summed E-state index contributed by atoms with van der Waals surface area (Å²) in [5.41, 5.74) is 3.03. The molecule has 0 saturated carbocycles. The average Bonchev–Trinajstić information content (AvgIpc) is 2.70. The highest BCUT2D eigenvalue weighted by Gasteiger charge is 2.09. The zero-order valence-electron chi connectivity index (χ0n) is 16.3. The van der Waals surface area contributed by atoms with Gasteiger partial charge in [0.25, 0.3) is 5.91 Å². The number of carbonyl (C=O) groups excluding carboxylic acids is 1. The quantitative estimate of drug-likeness (QED) is 0.575. The first-order valence-electron chi connectivity index (χ1n) is 9.67. The van der Waals surface area contributed by atoms with Crippen molar-refractivity contribution in [1.82, 2.24) is 0 Å². The summed E-state index contributed by atoms with van der Waals surface area (Å²) in [5.74, 6) is 0.238. The maximum atomic E-state index is 12.1. The summed E-state index contributed by atoms with van der Waals surface area (Å²) in [7, 11) is 0. The van der Waals surface area contributed by atoms with E-state index in [2.05, 4.69) is 19.2 Å². The van der Waals surface area contributed by atoms with Crippen molar-refractivity contribution in [2.75, 3.05) is 11.9 Å². The maximum absolute atomic E-state index is 12.1. The topological polar surface area (TPSA) is 68.5 Å². The van der Waals surface area contributed by atoms with Crippen LogP contribution in [0.4, 0.5) is 5.69 Å². The smallest absolute Gasteiger partial charge is 0.336 e. The summed E-state index contributed by atoms with van der Waals surface area (Å²) in [4.78, 5) is 23.9. The van der Waals surface area contributed by atoms with Crippen LogP contribution in [0.1, 0.15) is 37.8 Å². The molecule has 0 bridgehead atoms. The molecule has 0 aliphatic carbocycles. The van der Waals surface area contributed by atoms with Crippen molar-refractivity contribution in [3.63, 3.8) is 0 Å². The molecular formula is C23H25NO4. The van der Waals surface area contributed by atoms with Crippen molar-refractivity contribution in [2.45, 2.75) is 39.5 Å². The first kappa shape index (κ1) is 19.7. The van der Waals surface area contributed by atoms with E-state index in [0.29, 0.717) is 11.3 Å². The highest BCUT2D eigenvalue weighted by atomic mass is 16.5. The number of carbonyl (C=O) groups is 1. The van der Waals surface area contributed by atoms with Gasteiger partial charge in [-0.05, 0) is 54.7 Å². The van der Waals surface area contributed by atoms with E-state index in [1.807, 2.05) is 30.3 Å². The van der Waals surface area contributed by atoms with Crippen LogP contribution in [-0.4, -0.2) is 12.5 Å². The predicted molar refractivity (Wildman–Crippen MR) is 111 cm³/mol. The highest BCUT2D eigenvalue weighted by molar-refractivity contribution is 5.92. The van der Waals surface area contributed by atoms with Crippen LogP contribution in [0.2, 0.25) is 0 Å². The van der Waals surface area contributed by atoms with Gasteiger partial charge in [0.05, 0.1) is 0 Å². The van der Waals surface area contributed by atoms with Crippen molar-refractivity contribution in [2.24, 2.45) is 0 Å². The number of hydrogen-bond donors (Lipinski definition) is 1. The minimum atomic E-state index is -0.371. The van der Waals surface area contributed by atoms with Crippen LogP contribution in [0.5, 0.6) is 5.75 Å². The molecule has 0 spiro atoms. The number of anilines is 1. The lowest BCUT2D eigenvalue weighted by Crippen LogP contribution is -2.20. The van der Waals surface area contributed by atoms with Crippen molar-refractivity contribution < 1.29 is 13.9 Å².